The first-order chi connectivity index (χ1) is 6.02. The van der Waals surface area contributed by atoms with Gasteiger partial charge in [0.15, 0.2) is 0 Å². The van der Waals surface area contributed by atoms with Crippen molar-refractivity contribution in [3.63, 3.8) is 0 Å². The number of benzene rings is 1. The molecule has 0 saturated carbocycles. The number of hydrogen-bond donors (Lipinski definition) is 2. The Bertz CT molecular complexity index is 295. The third-order valence-electron chi connectivity index (χ3n) is 2.21. The molecule has 2 nitrogen and oxygen atoms in total. The van der Waals surface area contributed by atoms with Crippen molar-refractivity contribution in [2.24, 2.45) is 0 Å². The summed E-state index contributed by atoms with van der Waals surface area (Å²) in [7, 11) is -1.36. The molecule has 2 N–H and O–H groups in total. The molecular weight excluding hydrogens is 163 g/mol. The largest absolute Gasteiger partial charge is 0.488 e. The predicted octanol–water partition coefficient (Wildman–Crippen LogP) is 0.798. The second-order valence-corrected chi connectivity index (χ2v) is 3.64. The molecule has 0 radical (unpaired) electrons. The second kappa shape index (κ2) is 3.94. The van der Waals surface area contributed by atoms with Crippen LogP contribution in [-0.2, 0) is 0 Å². The van der Waals surface area contributed by atoms with E-state index < -0.39 is 7.12 Å². The van der Waals surface area contributed by atoms with Crippen LogP contribution in [-0.4, -0.2) is 17.2 Å². The summed E-state index contributed by atoms with van der Waals surface area (Å²) < 4.78 is 0. The second-order valence-electron chi connectivity index (χ2n) is 3.64. The number of rotatable bonds is 2. The van der Waals surface area contributed by atoms with Gasteiger partial charge in [0.25, 0.3) is 0 Å². The maximum atomic E-state index is 8.93. The van der Waals surface area contributed by atoms with Crippen LogP contribution in [0.3, 0.4) is 0 Å². The molecular formula is C10H15BO2. The molecule has 0 unspecified atom stereocenters. The van der Waals surface area contributed by atoms with Crippen molar-refractivity contribution >= 4 is 12.6 Å². The summed E-state index contributed by atoms with van der Waals surface area (Å²) in [6.07, 6.45) is 0. The number of hydrogen-bond acceptors (Lipinski definition) is 2. The van der Waals surface area contributed by atoms with Crippen LogP contribution < -0.4 is 5.46 Å². The molecule has 1 aromatic rings. The van der Waals surface area contributed by atoms with Crippen LogP contribution in [0.4, 0.5) is 0 Å². The fourth-order valence-electron chi connectivity index (χ4n) is 1.51. The van der Waals surface area contributed by atoms with Crippen molar-refractivity contribution in [1.82, 2.24) is 0 Å². The van der Waals surface area contributed by atoms with E-state index in [0.29, 0.717) is 11.4 Å². The molecule has 0 aliphatic carbocycles. The smallest absolute Gasteiger partial charge is 0.423 e. The minimum absolute atomic E-state index is 0.477. The van der Waals surface area contributed by atoms with Crippen molar-refractivity contribution < 1.29 is 10.0 Å². The highest BCUT2D eigenvalue weighted by Gasteiger charge is 2.12. The van der Waals surface area contributed by atoms with Gasteiger partial charge in [0.2, 0.25) is 0 Å². The molecule has 0 aromatic heterocycles. The van der Waals surface area contributed by atoms with Gasteiger partial charge in [0.05, 0.1) is 0 Å². The summed E-state index contributed by atoms with van der Waals surface area (Å²) in [6, 6.07) is 5.53. The minimum atomic E-state index is -1.36. The Morgan fingerprint density at radius 3 is 2.23 bits per heavy atom. The Hall–Kier alpha value is -0.795. The van der Waals surface area contributed by atoms with E-state index in [2.05, 4.69) is 13.8 Å². The lowest BCUT2D eigenvalue weighted by Gasteiger charge is -2.10. The first kappa shape index (κ1) is 10.3. The highest BCUT2D eigenvalue weighted by molar-refractivity contribution is 6.58. The van der Waals surface area contributed by atoms with Crippen LogP contribution >= 0.6 is 0 Å². The molecule has 1 rings (SSSR count). The molecule has 0 amide bonds. The summed E-state index contributed by atoms with van der Waals surface area (Å²) >= 11 is 0. The zero-order valence-corrected chi connectivity index (χ0v) is 8.28. The van der Waals surface area contributed by atoms with Crippen LogP contribution in [0, 0.1) is 6.92 Å². The average Bonchev–Trinajstić information content (AvgIpc) is 2.03. The molecule has 0 heterocycles. The van der Waals surface area contributed by atoms with E-state index in [-0.39, 0.29) is 0 Å². The summed E-state index contributed by atoms with van der Waals surface area (Å²) in [5, 5.41) is 17.9. The molecule has 0 aliphatic rings. The van der Waals surface area contributed by atoms with Crippen molar-refractivity contribution in [2.75, 3.05) is 0 Å². The molecule has 0 aliphatic heterocycles. The molecule has 0 spiro atoms. The van der Waals surface area contributed by atoms with Gasteiger partial charge in [-0.15, -0.1) is 0 Å². The van der Waals surface area contributed by atoms with Crippen molar-refractivity contribution in [2.45, 2.75) is 26.7 Å². The zero-order valence-electron chi connectivity index (χ0n) is 8.28. The lowest BCUT2D eigenvalue weighted by molar-refractivity contribution is 0.425. The quantitative estimate of drug-likeness (QED) is 0.657. The van der Waals surface area contributed by atoms with Gasteiger partial charge in [-0.2, -0.15) is 0 Å². The molecule has 0 bridgehead atoms. The Kier molecular flexibility index (Phi) is 3.12. The molecule has 0 fully saturated rings. The maximum absolute atomic E-state index is 8.93. The lowest BCUT2D eigenvalue weighted by Crippen LogP contribution is -2.30. The zero-order chi connectivity index (χ0) is 10.0. The van der Waals surface area contributed by atoms with Crippen molar-refractivity contribution in [3.05, 3.63) is 29.3 Å². The Morgan fingerprint density at radius 2 is 1.85 bits per heavy atom. The van der Waals surface area contributed by atoms with E-state index in [1.807, 2.05) is 19.1 Å². The average molecular weight is 178 g/mol. The highest BCUT2D eigenvalue weighted by atomic mass is 16.4. The third-order valence-corrected chi connectivity index (χ3v) is 2.21. The van der Waals surface area contributed by atoms with Gasteiger partial charge in [-0.1, -0.05) is 32.0 Å². The van der Waals surface area contributed by atoms with E-state index in [9.17, 15) is 0 Å². The lowest BCUT2D eigenvalue weighted by atomic mass is 9.78. The van der Waals surface area contributed by atoms with E-state index in [4.69, 9.17) is 10.0 Å². The Labute approximate surface area is 79.4 Å². The third kappa shape index (κ3) is 2.33. The summed E-state index contributed by atoms with van der Waals surface area (Å²) in [5.74, 6) is 0.477. The topological polar surface area (TPSA) is 40.5 Å². The number of aryl methyl sites for hydroxylation is 1. The SMILES string of the molecule is Cc1cc(B(O)O)ccc1C(C)C. The fraction of sp³-hybridized carbons (Fsp3) is 0.400. The fourth-order valence-corrected chi connectivity index (χ4v) is 1.51. The van der Waals surface area contributed by atoms with Gasteiger partial charge < -0.3 is 10.0 Å². The first-order valence-electron chi connectivity index (χ1n) is 4.49. The highest BCUT2D eigenvalue weighted by Crippen LogP contribution is 2.17. The monoisotopic (exact) mass is 178 g/mol. The van der Waals surface area contributed by atoms with E-state index in [1.54, 1.807) is 6.07 Å². The first-order valence-corrected chi connectivity index (χ1v) is 4.49. The van der Waals surface area contributed by atoms with Crippen LogP contribution in [0.2, 0.25) is 0 Å². The molecule has 3 heteroatoms. The van der Waals surface area contributed by atoms with E-state index in [0.717, 1.165) is 5.56 Å². The van der Waals surface area contributed by atoms with E-state index in [1.165, 1.54) is 5.56 Å². The van der Waals surface area contributed by atoms with Gasteiger partial charge in [0, 0.05) is 0 Å². The van der Waals surface area contributed by atoms with Gasteiger partial charge in [-0.25, -0.2) is 0 Å². The van der Waals surface area contributed by atoms with Crippen LogP contribution in [0.1, 0.15) is 30.9 Å². The minimum Gasteiger partial charge on any atom is -0.423 e. The van der Waals surface area contributed by atoms with Crippen LogP contribution in [0.25, 0.3) is 0 Å². The van der Waals surface area contributed by atoms with Gasteiger partial charge in [0.1, 0.15) is 0 Å². The normalized spacial score (nSPS) is 10.6. The Balaban J connectivity index is 3.06. The molecule has 70 valence electrons. The van der Waals surface area contributed by atoms with Gasteiger partial charge in [-0.05, 0) is 29.4 Å². The molecule has 13 heavy (non-hydrogen) atoms. The standard InChI is InChI=1S/C10H15BO2/c1-7(2)10-5-4-9(11(12)13)6-8(10)3/h4-7,12-13H,1-3H3. The van der Waals surface area contributed by atoms with Gasteiger partial charge >= 0.3 is 7.12 Å². The molecule has 0 atom stereocenters. The summed E-state index contributed by atoms with van der Waals surface area (Å²) in [4.78, 5) is 0. The molecule has 0 saturated heterocycles. The van der Waals surface area contributed by atoms with Crippen molar-refractivity contribution in [1.29, 1.82) is 0 Å². The van der Waals surface area contributed by atoms with E-state index >= 15 is 0 Å². The van der Waals surface area contributed by atoms with Crippen molar-refractivity contribution in [3.8, 4) is 0 Å². The summed E-state index contributed by atoms with van der Waals surface area (Å²) in [5.41, 5.74) is 2.92. The van der Waals surface area contributed by atoms with Crippen LogP contribution in [0.5, 0.6) is 0 Å². The molecule has 1 aromatic carbocycles. The summed E-state index contributed by atoms with van der Waals surface area (Å²) in [6.45, 7) is 6.23. The predicted molar refractivity (Wildman–Crippen MR) is 55.1 cm³/mol. The maximum Gasteiger partial charge on any atom is 0.488 e. The van der Waals surface area contributed by atoms with Gasteiger partial charge in [-0.3, -0.25) is 0 Å². The Morgan fingerprint density at radius 1 is 1.23 bits per heavy atom. The van der Waals surface area contributed by atoms with Crippen LogP contribution in [0.15, 0.2) is 18.2 Å².